The Morgan fingerprint density at radius 1 is 1.50 bits per heavy atom. The number of carboxylic acids is 1. The van der Waals surface area contributed by atoms with Gasteiger partial charge in [-0.3, -0.25) is 4.79 Å². The molecule has 2 heterocycles. The Balaban J connectivity index is 2.04. The van der Waals surface area contributed by atoms with Crippen molar-refractivity contribution in [2.45, 2.75) is 12.5 Å². The van der Waals surface area contributed by atoms with Crippen molar-refractivity contribution in [3.8, 4) is 0 Å². The van der Waals surface area contributed by atoms with Gasteiger partial charge in [0.1, 0.15) is 6.54 Å². The van der Waals surface area contributed by atoms with Gasteiger partial charge in [-0.2, -0.15) is 0 Å². The lowest BCUT2D eigenvalue weighted by Crippen LogP contribution is -2.46. The molecule has 1 aromatic rings. The quantitative estimate of drug-likeness (QED) is 0.752. The van der Waals surface area contributed by atoms with Crippen molar-refractivity contribution in [3.63, 3.8) is 0 Å². The Morgan fingerprint density at radius 2 is 2.30 bits per heavy atom. The second-order valence-electron chi connectivity index (χ2n) is 4.36. The first-order valence-electron chi connectivity index (χ1n) is 6.16. The zero-order valence-electron chi connectivity index (χ0n) is 10.7. The third-order valence-electron chi connectivity index (χ3n) is 2.89. The first-order chi connectivity index (χ1) is 9.58. The van der Waals surface area contributed by atoms with Crippen LogP contribution in [-0.4, -0.2) is 47.5 Å². The summed E-state index contributed by atoms with van der Waals surface area (Å²) in [5.41, 5.74) is 0. The number of rotatable bonds is 3. The van der Waals surface area contributed by atoms with Crippen molar-refractivity contribution in [1.82, 2.24) is 15.5 Å². The number of thiophene rings is 1. The van der Waals surface area contributed by atoms with Crippen LogP contribution in [0.3, 0.4) is 0 Å². The van der Waals surface area contributed by atoms with Gasteiger partial charge < -0.3 is 20.6 Å². The molecule has 20 heavy (non-hydrogen) atoms. The van der Waals surface area contributed by atoms with E-state index in [1.165, 1.54) is 16.2 Å². The van der Waals surface area contributed by atoms with Gasteiger partial charge in [0.05, 0.1) is 0 Å². The molecule has 0 aliphatic carbocycles. The van der Waals surface area contributed by atoms with Gasteiger partial charge in [0.15, 0.2) is 6.04 Å². The number of amides is 3. The minimum absolute atomic E-state index is 0.0530. The molecule has 8 heteroatoms. The number of carbonyl (C=O) groups excluding carboxylic acids is 2. The molecule has 1 aliphatic rings. The van der Waals surface area contributed by atoms with Crippen molar-refractivity contribution in [2.24, 2.45) is 0 Å². The van der Waals surface area contributed by atoms with Gasteiger partial charge in [0.25, 0.3) is 0 Å². The van der Waals surface area contributed by atoms with Crippen molar-refractivity contribution in [3.05, 3.63) is 22.4 Å². The number of nitrogens with one attached hydrogen (secondary N) is 2. The van der Waals surface area contributed by atoms with Crippen LogP contribution in [0, 0.1) is 0 Å². The lowest BCUT2D eigenvalue weighted by molar-refractivity contribution is -0.139. The van der Waals surface area contributed by atoms with Gasteiger partial charge in [-0.25, -0.2) is 9.59 Å². The molecule has 1 aromatic heterocycles. The first-order valence-corrected chi connectivity index (χ1v) is 7.04. The van der Waals surface area contributed by atoms with E-state index in [-0.39, 0.29) is 12.5 Å². The number of hydrogen-bond donors (Lipinski definition) is 3. The van der Waals surface area contributed by atoms with E-state index in [1.54, 1.807) is 17.5 Å². The van der Waals surface area contributed by atoms with E-state index >= 15 is 0 Å². The third kappa shape index (κ3) is 3.47. The van der Waals surface area contributed by atoms with Gasteiger partial charge in [0, 0.05) is 18.0 Å². The fourth-order valence-electron chi connectivity index (χ4n) is 1.90. The van der Waals surface area contributed by atoms with Crippen LogP contribution >= 0.6 is 11.3 Å². The van der Waals surface area contributed by atoms with Crippen molar-refractivity contribution >= 4 is 29.2 Å². The second-order valence-corrected chi connectivity index (χ2v) is 5.34. The summed E-state index contributed by atoms with van der Waals surface area (Å²) in [6.07, 6.45) is 0.649. The van der Waals surface area contributed by atoms with Gasteiger partial charge in [-0.05, 0) is 17.9 Å². The normalized spacial score (nSPS) is 17.0. The smallest absolute Gasteiger partial charge is 0.331 e. The lowest BCUT2D eigenvalue weighted by atomic mass is 10.2. The highest BCUT2D eigenvalue weighted by Gasteiger charge is 2.27. The molecule has 108 valence electrons. The Morgan fingerprint density at radius 3 is 2.95 bits per heavy atom. The van der Waals surface area contributed by atoms with E-state index in [4.69, 9.17) is 0 Å². The molecule has 0 aromatic carbocycles. The van der Waals surface area contributed by atoms with E-state index < -0.39 is 18.0 Å². The van der Waals surface area contributed by atoms with Gasteiger partial charge >= 0.3 is 12.0 Å². The van der Waals surface area contributed by atoms with Gasteiger partial charge in [-0.15, -0.1) is 11.3 Å². The maximum atomic E-state index is 12.1. The monoisotopic (exact) mass is 297 g/mol. The van der Waals surface area contributed by atoms with E-state index in [2.05, 4.69) is 10.6 Å². The summed E-state index contributed by atoms with van der Waals surface area (Å²) in [4.78, 5) is 36.6. The Kier molecular flexibility index (Phi) is 4.57. The van der Waals surface area contributed by atoms with Crippen LogP contribution in [0.4, 0.5) is 4.79 Å². The molecule has 1 unspecified atom stereocenters. The Bertz CT molecular complexity index is 503. The number of urea groups is 1. The lowest BCUT2D eigenvalue weighted by Gasteiger charge is -2.22. The second kappa shape index (κ2) is 6.38. The summed E-state index contributed by atoms with van der Waals surface area (Å²) in [6, 6.07) is 1.75. The predicted octanol–water partition coefficient (Wildman–Crippen LogP) is 0.405. The molecule has 0 bridgehead atoms. The molecule has 7 nitrogen and oxygen atoms in total. The van der Waals surface area contributed by atoms with Gasteiger partial charge in [-0.1, -0.05) is 6.07 Å². The largest absolute Gasteiger partial charge is 0.479 e. The molecular formula is C12H15N3O4S. The number of carbonyl (C=O) groups is 3. The number of nitrogens with zero attached hydrogens (tertiary/aromatic N) is 1. The van der Waals surface area contributed by atoms with Crippen molar-refractivity contribution in [2.75, 3.05) is 19.6 Å². The highest BCUT2D eigenvalue weighted by atomic mass is 32.1. The van der Waals surface area contributed by atoms with Crippen LogP contribution in [0.5, 0.6) is 0 Å². The van der Waals surface area contributed by atoms with E-state index in [1.807, 2.05) is 0 Å². The van der Waals surface area contributed by atoms with Crippen molar-refractivity contribution < 1.29 is 19.5 Å². The highest BCUT2D eigenvalue weighted by Crippen LogP contribution is 2.19. The molecule has 1 saturated heterocycles. The zero-order chi connectivity index (χ0) is 14.5. The summed E-state index contributed by atoms with van der Waals surface area (Å²) in [6.45, 7) is 0.889. The van der Waals surface area contributed by atoms with Crippen LogP contribution in [-0.2, 0) is 9.59 Å². The van der Waals surface area contributed by atoms with E-state index in [9.17, 15) is 19.5 Å². The van der Waals surface area contributed by atoms with E-state index in [0.717, 1.165) is 0 Å². The van der Waals surface area contributed by atoms with Crippen LogP contribution in [0.2, 0.25) is 0 Å². The highest BCUT2D eigenvalue weighted by molar-refractivity contribution is 7.10. The molecule has 0 spiro atoms. The van der Waals surface area contributed by atoms with E-state index in [0.29, 0.717) is 24.4 Å². The number of carboxylic acid groups (broad SMARTS) is 1. The zero-order valence-corrected chi connectivity index (χ0v) is 11.5. The summed E-state index contributed by atoms with van der Waals surface area (Å²) in [7, 11) is 0. The Labute approximate surface area is 119 Å². The van der Waals surface area contributed by atoms with Gasteiger partial charge in [0.2, 0.25) is 5.91 Å². The SMILES string of the molecule is O=C1CN(C(=O)NC(C(=O)O)c2cccs2)CCCN1. The average Bonchev–Trinajstić information content (AvgIpc) is 2.83. The first kappa shape index (κ1) is 14.3. The molecular weight excluding hydrogens is 282 g/mol. The fourth-order valence-corrected chi connectivity index (χ4v) is 2.67. The molecule has 3 amide bonds. The summed E-state index contributed by atoms with van der Waals surface area (Å²) < 4.78 is 0. The van der Waals surface area contributed by atoms with Crippen LogP contribution < -0.4 is 10.6 Å². The molecule has 1 atom stereocenters. The molecule has 2 rings (SSSR count). The fraction of sp³-hybridized carbons (Fsp3) is 0.417. The Hall–Kier alpha value is -2.09. The van der Waals surface area contributed by atoms with Crippen LogP contribution in [0.25, 0.3) is 0 Å². The maximum Gasteiger partial charge on any atom is 0.331 e. The van der Waals surface area contributed by atoms with Crippen LogP contribution in [0.1, 0.15) is 17.3 Å². The molecule has 0 radical (unpaired) electrons. The minimum atomic E-state index is -1.12. The molecule has 0 saturated carbocycles. The van der Waals surface area contributed by atoms with Crippen LogP contribution in [0.15, 0.2) is 17.5 Å². The minimum Gasteiger partial charge on any atom is -0.479 e. The third-order valence-corrected chi connectivity index (χ3v) is 3.83. The van der Waals surface area contributed by atoms with Crippen molar-refractivity contribution in [1.29, 1.82) is 0 Å². The predicted molar refractivity (Wildman–Crippen MR) is 72.4 cm³/mol. The molecule has 1 aliphatic heterocycles. The summed E-state index contributed by atoms with van der Waals surface area (Å²) in [5.74, 6) is -1.36. The molecule has 3 N–H and O–H groups in total. The maximum absolute atomic E-state index is 12.1. The number of hydrogen-bond acceptors (Lipinski definition) is 4. The molecule has 1 fully saturated rings. The number of aliphatic carboxylic acids is 1. The standard InChI is InChI=1S/C12H15N3O4S/c16-9-7-15(5-2-4-13-9)12(19)14-10(11(17)18)8-3-1-6-20-8/h1,3,6,10H,2,4-5,7H2,(H,13,16)(H,14,19)(H,17,18). The summed E-state index contributed by atoms with van der Waals surface area (Å²) >= 11 is 1.26. The summed E-state index contributed by atoms with van der Waals surface area (Å²) in [5, 5.41) is 16.1. The average molecular weight is 297 g/mol. The topological polar surface area (TPSA) is 98.7 Å².